The van der Waals surface area contributed by atoms with E-state index >= 15 is 0 Å². The first-order chi connectivity index (χ1) is 13.3. The van der Waals surface area contributed by atoms with E-state index in [2.05, 4.69) is 27.4 Å². The fraction of sp³-hybridized carbons (Fsp3) is 0.227. The van der Waals surface area contributed by atoms with Crippen molar-refractivity contribution in [2.24, 2.45) is 0 Å². The number of nitrogens with zero attached hydrogens (tertiary/aromatic N) is 2. The summed E-state index contributed by atoms with van der Waals surface area (Å²) in [5.41, 5.74) is 3.33. The van der Waals surface area contributed by atoms with Gasteiger partial charge in [-0.05, 0) is 38.0 Å². The predicted molar refractivity (Wildman–Crippen MR) is 109 cm³/mol. The van der Waals surface area contributed by atoms with E-state index in [0.717, 1.165) is 22.3 Å². The second-order valence-corrected chi connectivity index (χ2v) is 7.17. The molecule has 0 radical (unpaired) electrons. The summed E-state index contributed by atoms with van der Waals surface area (Å²) >= 11 is 0. The molecule has 1 aromatic heterocycles. The molecular weight excluding hydrogens is 352 g/mol. The minimum absolute atomic E-state index is 0.146. The molecule has 3 aromatic rings. The molecule has 3 rings (SSSR count). The van der Waals surface area contributed by atoms with Gasteiger partial charge in [0.1, 0.15) is 0 Å². The average molecular weight is 376 g/mol. The molecule has 0 atom stereocenters. The Morgan fingerprint density at radius 3 is 2.61 bits per heavy atom. The lowest BCUT2D eigenvalue weighted by molar-refractivity contribution is 0.227. The molecule has 2 amide bonds. The molecule has 0 bridgehead atoms. The van der Waals surface area contributed by atoms with Crippen LogP contribution in [0.4, 0.5) is 4.79 Å². The van der Waals surface area contributed by atoms with E-state index in [0.29, 0.717) is 11.7 Å². The number of benzene rings is 2. The van der Waals surface area contributed by atoms with Gasteiger partial charge in [-0.15, -0.1) is 0 Å². The van der Waals surface area contributed by atoms with E-state index in [4.69, 9.17) is 4.52 Å². The normalized spacial score (nSPS) is 11.1. The summed E-state index contributed by atoms with van der Waals surface area (Å²) in [4.78, 5) is 16.7. The first-order valence-corrected chi connectivity index (χ1v) is 9.05. The summed E-state index contributed by atoms with van der Waals surface area (Å²) in [7, 11) is 0. The summed E-state index contributed by atoms with van der Waals surface area (Å²) in [6, 6.07) is 17.2. The van der Waals surface area contributed by atoms with Crippen LogP contribution in [0.5, 0.6) is 0 Å². The highest BCUT2D eigenvalue weighted by Crippen LogP contribution is 2.23. The Hall–Kier alpha value is -3.41. The molecule has 0 fully saturated rings. The quantitative estimate of drug-likeness (QED) is 0.664. The smallest absolute Gasteiger partial charge is 0.315 e. The van der Waals surface area contributed by atoms with Crippen molar-refractivity contribution in [3.05, 3.63) is 78.2 Å². The molecule has 0 spiro atoms. The van der Waals surface area contributed by atoms with E-state index in [-0.39, 0.29) is 12.6 Å². The number of amides is 2. The molecule has 6 nitrogen and oxygen atoms in total. The van der Waals surface area contributed by atoms with Crippen molar-refractivity contribution in [1.82, 2.24) is 20.8 Å². The number of allylic oxidation sites excluding steroid dienone is 1. The monoisotopic (exact) mass is 376 g/mol. The van der Waals surface area contributed by atoms with Crippen LogP contribution in [0.1, 0.15) is 37.8 Å². The first-order valence-electron chi connectivity index (χ1n) is 9.05. The van der Waals surface area contributed by atoms with Gasteiger partial charge in [0, 0.05) is 5.56 Å². The van der Waals surface area contributed by atoms with Crippen LogP contribution in [0.25, 0.3) is 17.0 Å². The Labute approximate surface area is 164 Å². The fourth-order valence-corrected chi connectivity index (χ4v) is 2.76. The summed E-state index contributed by atoms with van der Waals surface area (Å²) < 4.78 is 5.21. The third-order valence-electron chi connectivity index (χ3n) is 4.40. The topological polar surface area (TPSA) is 80.0 Å². The van der Waals surface area contributed by atoms with Gasteiger partial charge in [-0.1, -0.05) is 65.8 Å². The Morgan fingerprint density at radius 1 is 1.14 bits per heavy atom. The maximum atomic E-state index is 12.4. The summed E-state index contributed by atoms with van der Waals surface area (Å²) in [6.45, 7) is 9.98. The van der Waals surface area contributed by atoms with Crippen LogP contribution in [0, 0.1) is 0 Å². The molecule has 6 heteroatoms. The molecule has 0 saturated heterocycles. The van der Waals surface area contributed by atoms with E-state index in [1.807, 2.05) is 75.4 Å². The zero-order valence-corrected chi connectivity index (χ0v) is 16.3. The molecule has 2 N–H and O–H groups in total. The number of nitrogens with one attached hydrogen (secondary N) is 2. The average Bonchev–Trinajstić information content (AvgIpc) is 3.16. The highest BCUT2D eigenvalue weighted by Gasteiger charge is 2.23. The van der Waals surface area contributed by atoms with Crippen molar-refractivity contribution in [3.63, 3.8) is 0 Å². The zero-order chi connectivity index (χ0) is 20.1. The van der Waals surface area contributed by atoms with Gasteiger partial charge in [0.05, 0.1) is 12.1 Å². The van der Waals surface area contributed by atoms with Crippen molar-refractivity contribution in [3.8, 4) is 11.4 Å². The fourth-order valence-electron chi connectivity index (χ4n) is 2.76. The van der Waals surface area contributed by atoms with Gasteiger partial charge in [-0.3, -0.25) is 0 Å². The molecule has 28 heavy (non-hydrogen) atoms. The molecule has 2 aromatic carbocycles. The largest absolute Gasteiger partial charge is 0.337 e. The molecular formula is C22H24N4O2. The van der Waals surface area contributed by atoms with Crippen molar-refractivity contribution in [2.45, 2.75) is 32.9 Å². The van der Waals surface area contributed by atoms with Gasteiger partial charge in [-0.2, -0.15) is 4.98 Å². The van der Waals surface area contributed by atoms with Crippen molar-refractivity contribution in [2.75, 3.05) is 0 Å². The van der Waals surface area contributed by atoms with Gasteiger partial charge >= 0.3 is 6.03 Å². The van der Waals surface area contributed by atoms with Crippen LogP contribution >= 0.6 is 0 Å². The molecule has 0 aliphatic heterocycles. The standard InChI is InChI=1S/C22H24N4O2/c1-15(2)17-11-8-12-18(13-17)22(3,4)25-21(27)23-14-19-24-20(26-28-19)16-9-6-5-7-10-16/h5-13H,1,14H2,2-4H3,(H2,23,25,27). The van der Waals surface area contributed by atoms with Crippen LogP contribution in [-0.2, 0) is 12.1 Å². The van der Waals surface area contributed by atoms with Crippen LogP contribution in [0.2, 0.25) is 0 Å². The molecule has 0 saturated carbocycles. The number of hydrogen-bond donors (Lipinski definition) is 2. The summed E-state index contributed by atoms with van der Waals surface area (Å²) in [6.07, 6.45) is 0. The van der Waals surface area contributed by atoms with E-state index in [9.17, 15) is 4.79 Å². The van der Waals surface area contributed by atoms with Crippen molar-refractivity contribution >= 4 is 11.6 Å². The number of rotatable bonds is 6. The third-order valence-corrected chi connectivity index (χ3v) is 4.40. The van der Waals surface area contributed by atoms with Crippen LogP contribution in [0.3, 0.4) is 0 Å². The number of carbonyl (C=O) groups is 1. The van der Waals surface area contributed by atoms with E-state index in [1.54, 1.807) is 0 Å². The maximum absolute atomic E-state index is 12.4. The third kappa shape index (κ3) is 4.65. The molecule has 0 aliphatic carbocycles. The Bertz CT molecular complexity index is 977. The highest BCUT2D eigenvalue weighted by molar-refractivity contribution is 5.75. The van der Waals surface area contributed by atoms with Crippen LogP contribution in [-0.4, -0.2) is 16.2 Å². The second-order valence-electron chi connectivity index (χ2n) is 7.17. The Kier molecular flexibility index (Phi) is 5.59. The second kappa shape index (κ2) is 8.08. The molecule has 144 valence electrons. The van der Waals surface area contributed by atoms with Gasteiger partial charge < -0.3 is 15.2 Å². The van der Waals surface area contributed by atoms with Gasteiger partial charge in [0.2, 0.25) is 11.7 Å². The summed E-state index contributed by atoms with van der Waals surface area (Å²) in [5, 5.41) is 9.69. The predicted octanol–water partition coefficient (Wildman–Crippen LogP) is 4.50. The number of aromatic nitrogens is 2. The Morgan fingerprint density at radius 2 is 1.89 bits per heavy atom. The number of hydrogen-bond acceptors (Lipinski definition) is 4. The highest BCUT2D eigenvalue weighted by atomic mass is 16.5. The summed E-state index contributed by atoms with van der Waals surface area (Å²) in [5.74, 6) is 0.839. The van der Waals surface area contributed by atoms with Gasteiger partial charge in [0.25, 0.3) is 0 Å². The van der Waals surface area contributed by atoms with Gasteiger partial charge in [-0.25, -0.2) is 4.79 Å². The van der Waals surface area contributed by atoms with E-state index < -0.39 is 5.54 Å². The minimum Gasteiger partial charge on any atom is -0.337 e. The van der Waals surface area contributed by atoms with Crippen LogP contribution < -0.4 is 10.6 Å². The van der Waals surface area contributed by atoms with Crippen molar-refractivity contribution in [1.29, 1.82) is 0 Å². The first kappa shape index (κ1) is 19.4. The van der Waals surface area contributed by atoms with Crippen molar-refractivity contribution < 1.29 is 9.32 Å². The molecule has 0 unspecified atom stereocenters. The van der Waals surface area contributed by atoms with Crippen LogP contribution in [0.15, 0.2) is 65.7 Å². The lowest BCUT2D eigenvalue weighted by Gasteiger charge is -2.27. The number of urea groups is 1. The maximum Gasteiger partial charge on any atom is 0.315 e. The van der Waals surface area contributed by atoms with Gasteiger partial charge in [0.15, 0.2) is 0 Å². The Balaban J connectivity index is 1.60. The zero-order valence-electron chi connectivity index (χ0n) is 16.3. The van der Waals surface area contributed by atoms with E-state index in [1.165, 1.54) is 0 Å². The molecule has 0 aliphatic rings. The lowest BCUT2D eigenvalue weighted by Crippen LogP contribution is -2.46. The lowest BCUT2D eigenvalue weighted by atomic mass is 9.92. The molecule has 1 heterocycles. The minimum atomic E-state index is -0.556. The SMILES string of the molecule is C=C(C)c1cccc(C(C)(C)NC(=O)NCc2nc(-c3ccccc3)no2)c1. The number of carbonyl (C=O) groups excluding carboxylic acids is 1.